The van der Waals surface area contributed by atoms with Crippen LogP contribution in [0.5, 0.6) is 0 Å². The summed E-state index contributed by atoms with van der Waals surface area (Å²) in [5.41, 5.74) is 0. The molecule has 0 saturated carbocycles. The summed E-state index contributed by atoms with van der Waals surface area (Å²) in [6.45, 7) is 1.19. The fourth-order valence-electron chi connectivity index (χ4n) is 0.678. The Bertz CT molecular complexity index is 49.0. The fourth-order valence-corrected chi connectivity index (χ4v) is 0.678. The van der Waals surface area contributed by atoms with Crippen LogP contribution in [0.3, 0.4) is 0 Å². The van der Waals surface area contributed by atoms with Gasteiger partial charge in [-0.2, -0.15) is 0 Å². The second kappa shape index (κ2) is 1.96. The molecule has 1 aliphatic heterocycles. The van der Waals surface area contributed by atoms with Crippen LogP contribution in [0, 0.1) is 0 Å². The van der Waals surface area contributed by atoms with Gasteiger partial charge in [0.1, 0.15) is 12.8 Å². The molecule has 0 aliphatic carbocycles. The first kappa shape index (κ1) is 3.85. The summed E-state index contributed by atoms with van der Waals surface area (Å²) in [7, 11) is 0. The fraction of sp³-hybridized carbons (Fsp3) is 0.800. The molecule has 0 radical (unpaired) electrons. The molecule has 1 N–H and O–H groups in total. The van der Waals surface area contributed by atoms with Crippen molar-refractivity contribution < 1.29 is 4.99 Å². The maximum Gasteiger partial charge on any atom is 0.140 e. The summed E-state index contributed by atoms with van der Waals surface area (Å²) in [4.78, 5) is 3.16. The standard InChI is InChI=1S/C5H9N/c1-2-4-6-5-3-1/h4H,1-3,5H2/p+1/i1+1,3+1,5+1,6+1. The second-order valence-corrected chi connectivity index (χ2v) is 1.65. The molecule has 0 aromatic heterocycles. The largest absolute Gasteiger partial charge is 0.252 e. The molecule has 6 heavy (non-hydrogen) atoms. The second-order valence-electron chi connectivity index (χ2n) is 1.65. The van der Waals surface area contributed by atoms with Crippen molar-refractivity contribution in [3.63, 3.8) is 0 Å². The summed E-state index contributed by atoms with van der Waals surface area (Å²) in [5.74, 6) is 0. The highest BCUT2D eigenvalue weighted by Gasteiger charge is 1.93. The minimum atomic E-state index is 1.19. The van der Waals surface area contributed by atoms with E-state index < -0.39 is 0 Å². The zero-order chi connectivity index (χ0) is 4.24. The highest BCUT2D eigenvalue weighted by Crippen LogP contribution is 1.88. The van der Waals surface area contributed by atoms with E-state index in [0.29, 0.717) is 0 Å². The topological polar surface area (TPSA) is 14.0 Å². The van der Waals surface area contributed by atoms with Crippen molar-refractivity contribution in [2.75, 3.05) is 6.54 Å². The van der Waals surface area contributed by atoms with Crippen LogP contribution in [0.25, 0.3) is 0 Å². The van der Waals surface area contributed by atoms with Crippen molar-refractivity contribution in [3.8, 4) is 0 Å². The van der Waals surface area contributed by atoms with E-state index in [-0.39, 0.29) is 0 Å². The molecule has 1 heteroatoms. The molecule has 0 fully saturated rings. The van der Waals surface area contributed by atoms with Gasteiger partial charge >= 0.3 is 0 Å². The number of nitrogens with one attached hydrogen (secondary N) is 1. The molecule has 0 aromatic rings. The summed E-state index contributed by atoms with van der Waals surface area (Å²) in [5, 5.41) is 0. The molecular weight excluding hydrogens is 78.0 g/mol. The van der Waals surface area contributed by atoms with Gasteiger partial charge in [0.25, 0.3) is 0 Å². The Labute approximate surface area is 38.1 Å². The summed E-state index contributed by atoms with van der Waals surface area (Å²) >= 11 is 0. The van der Waals surface area contributed by atoms with Gasteiger partial charge in [-0.1, -0.05) is 0 Å². The summed E-state index contributed by atoms with van der Waals surface area (Å²) in [6, 6.07) is 0. The van der Waals surface area contributed by atoms with Crippen molar-refractivity contribution >= 4 is 6.21 Å². The van der Waals surface area contributed by atoms with Crippen LogP contribution in [0.1, 0.15) is 19.3 Å². The van der Waals surface area contributed by atoms with E-state index in [4.69, 9.17) is 0 Å². The molecule has 0 atom stereocenters. The Morgan fingerprint density at radius 2 is 2.33 bits per heavy atom. The Morgan fingerprint density at radius 1 is 1.33 bits per heavy atom. The van der Waals surface area contributed by atoms with Crippen molar-refractivity contribution in [2.24, 2.45) is 0 Å². The molecule has 34 valence electrons. The number of hydrogen-bond acceptors (Lipinski definition) is 0. The molecule has 0 bridgehead atoms. The maximum absolute atomic E-state index is 3.16. The molecule has 1 heterocycles. The van der Waals surface area contributed by atoms with Gasteiger partial charge in [-0.3, -0.25) is 4.99 Å². The quantitative estimate of drug-likeness (QED) is 0.298. The zero-order valence-corrected chi connectivity index (χ0v) is 3.91. The maximum atomic E-state index is 3.16. The zero-order valence-electron chi connectivity index (χ0n) is 3.91. The average molecular weight is 88.1 g/mol. The van der Waals surface area contributed by atoms with E-state index in [0.717, 1.165) is 0 Å². The normalized spacial score (nSPS) is 21.3. The molecule has 1 rings (SSSR count). The molecule has 0 aromatic carbocycles. The van der Waals surface area contributed by atoms with E-state index in [9.17, 15) is 0 Å². The van der Waals surface area contributed by atoms with Gasteiger partial charge in [-0.05, 0) is 6.42 Å². The third-order valence-corrected chi connectivity index (χ3v) is 1.06. The lowest BCUT2D eigenvalue weighted by Crippen LogP contribution is -2.70. The lowest BCUT2D eigenvalue weighted by molar-refractivity contribution is -0.457. The van der Waals surface area contributed by atoms with Crippen molar-refractivity contribution in [1.29, 1.82) is 0 Å². The lowest BCUT2D eigenvalue weighted by Gasteiger charge is -1.91. The van der Waals surface area contributed by atoms with E-state index in [2.05, 4.69) is 11.2 Å². The van der Waals surface area contributed by atoms with Crippen molar-refractivity contribution in [1.82, 2.24) is 0 Å². The van der Waals surface area contributed by atoms with Crippen molar-refractivity contribution in [2.45, 2.75) is 19.3 Å². The third kappa shape index (κ3) is 0.814. The highest BCUT2D eigenvalue weighted by atomic mass is 15.6. The molecular formula is C5H10N+. The van der Waals surface area contributed by atoms with Crippen LogP contribution in [0.2, 0.25) is 0 Å². The molecule has 0 saturated heterocycles. The van der Waals surface area contributed by atoms with Crippen LogP contribution in [0.4, 0.5) is 0 Å². The van der Waals surface area contributed by atoms with Crippen LogP contribution in [-0.4, -0.2) is 12.8 Å². The predicted molar refractivity (Wildman–Crippen MR) is 25.7 cm³/mol. The van der Waals surface area contributed by atoms with Gasteiger partial charge in [0.2, 0.25) is 0 Å². The molecule has 0 amide bonds. The van der Waals surface area contributed by atoms with Gasteiger partial charge in [0.05, 0.1) is 0 Å². The van der Waals surface area contributed by atoms with Crippen molar-refractivity contribution in [3.05, 3.63) is 0 Å². The van der Waals surface area contributed by atoms with Gasteiger partial charge in [0, 0.05) is 12.8 Å². The smallest absolute Gasteiger partial charge is 0.140 e. The van der Waals surface area contributed by atoms with Gasteiger partial charge in [-0.25, -0.2) is 0 Å². The molecule has 1 aliphatic rings. The van der Waals surface area contributed by atoms with Crippen LogP contribution < -0.4 is 4.99 Å². The van der Waals surface area contributed by atoms with E-state index in [1.165, 1.54) is 25.8 Å². The third-order valence-electron chi connectivity index (χ3n) is 1.06. The van der Waals surface area contributed by atoms with Crippen LogP contribution in [0.15, 0.2) is 0 Å². The van der Waals surface area contributed by atoms with Gasteiger partial charge < -0.3 is 0 Å². The minimum Gasteiger partial charge on any atom is -0.252 e. The lowest BCUT2D eigenvalue weighted by atomic mass is 10.6. The van der Waals surface area contributed by atoms with E-state index in [1.807, 2.05) is 0 Å². The molecule has 0 unspecified atom stereocenters. The first-order valence-electron chi connectivity index (χ1n) is 2.55. The Morgan fingerprint density at radius 3 is 2.50 bits per heavy atom. The van der Waals surface area contributed by atoms with Gasteiger partial charge in [-0.15, -0.1) is 0 Å². The Balaban J connectivity index is 2.26. The first-order chi connectivity index (χ1) is 3.00. The van der Waals surface area contributed by atoms with E-state index >= 15 is 0 Å². The predicted octanol–water partition coefficient (Wildman–Crippen LogP) is -0.678. The highest BCUT2D eigenvalue weighted by molar-refractivity contribution is 5.50. The Hall–Kier alpha value is -0.330. The summed E-state index contributed by atoms with van der Waals surface area (Å²) < 4.78 is 0. The average Bonchev–Trinajstić information content (AvgIpc) is 1.72. The monoisotopic (exact) mass is 88.1 g/mol. The van der Waals surface area contributed by atoms with Crippen LogP contribution >= 0.6 is 0 Å². The number of hydrogen-bond donors (Lipinski definition) is 1. The number of rotatable bonds is 0. The minimum absolute atomic E-state index is 1.19. The SMILES string of the molecule is C1=[15NH+][13CH2][13CH2][13CH2]C1. The first-order valence-corrected chi connectivity index (χ1v) is 2.55. The van der Waals surface area contributed by atoms with Gasteiger partial charge in [0.15, 0.2) is 0 Å². The Kier molecular flexibility index (Phi) is 1.25. The summed E-state index contributed by atoms with van der Waals surface area (Å²) in [6.07, 6.45) is 6.15. The molecule has 1 nitrogen and oxygen atoms in total. The van der Waals surface area contributed by atoms with E-state index in [1.54, 1.807) is 0 Å². The molecule has 0 spiro atoms. The van der Waals surface area contributed by atoms with Crippen LogP contribution in [-0.2, 0) is 0 Å².